The zero-order chi connectivity index (χ0) is 9.40. The van der Waals surface area contributed by atoms with Crippen LogP contribution < -0.4 is 5.73 Å². The number of carbonyl (C=O) groups excluding carboxylic acids is 1. The van der Waals surface area contributed by atoms with E-state index >= 15 is 0 Å². The Labute approximate surface area is 72.9 Å². The van der Waals surface area contributed by atoms with E-state index in [1.165, 1.54) is 0 Å². The molecule has 0 heterocycles. The van der Waals surface area contributed by atoms with Gasteiger partial charge in [0.1, 0.15) is 6.61 Å². The summed E-state index contributed by atoms with van der Waals surface area (Å²) in [5.41, 5.74) is 8.47. The number of ether oxygens (including phenoxy) is 1. The average molecular weight is 169 g/mol. The molecule has 3 heteroatoms. The predicted octanol–water partition coefficient (Wildman–Crippen LogP) is 1.000. The van der Waals surface area contributed by atoms with Crippen LogP contribution in [0.2, 0.25) is 0 Å². The Hall–Kier alpha value is -1.05. The topological polar surface area (TPSA) is 52.3 Å². The van der Waals surface area contributed by atoms with Crippen LogP contribution in [0.15, 0.2) is 17.4 Å². The number of rotatable bonds is 4. The highest BCUT2D eigenvalue weighted by molar-refractivity contribution is 5.87. The first-order chi connectivity index (χ1) is 5.72. The lowest BCUT2D eigenvalue weighted by Gasteiger charge is -1.99. The molecule has 2 N–H and O–H groups in total. The van der Waals surface area contributed by atoms with Gasteiger partial charge in [-0.25, -0.2) is 4.79 Å². The highest BCUT2D eigenvalue weighted by atomic mass is 16.5. The molecule has 0 aromatic rings. The lowest BCUT2D eigenvalue weighted by Crippen LogP contribution is -2.13. The van der Waals surface area contributed by atoms with Gasteiger partial charge in [-0.1, -0.05) is 6.92 Å². The van der Waals surface area contributed by atoms with Gasteiger partial charge in [0.2, 0.25) is 0 Å². The Balaban J connectivity index is 4.01. The Morgan fingerprint density at radius 2 is 2.33 bits per heavy atom. The monoisotopic (exact) mass is 169 g/mol. The molecule has 0 radical (unpaired) electrons. The number of esters is 1. The normalized spacial score (nSPS) is 8.58. The minimum absolute atomic E-state index is 0.268. The van der Waals surface area contributed by atoms with Crippen molar-refractivity contribution in [3.05, 3.63) is 17.4 Å². The number of nitrogens with two attached hydrogens (primary N) is 1. The van der Waals surface area contributed by atoms with Crippen LogP contribution in [-0.2, 0) is 9.53 Å². The molecule has 0 aromatic heterocycles. The maximum atomic E-state index is 11.0. The van der Waals surface area contributed by atoms with Gasteiger partial charge in [0.05, 0.1) is 5.57 Å². The highest BCUT2D eigenvalue weighted by Gasteiger charge is 2.02. The molecule has 0 saturated carbocycles. The van der Waals surface area contributed by atoms with E-state index in [1.807, 2.05) is 6.92 Å². The van der Waals surface area contributed by atoms with E-state index < -0.39 is 0 Å². The Morgan fingerprint density at radius 1 is 1.67 bits per heavy atom. The van der Waals surface area contributed by atoms with Crippen molar-refractivity contribution in [1.82, 2.24) is 0 Å². The summed E-state index contributed by atoms with van der Waals surface area (Å²) in [6, 6.07) is 0. The smallest absolute Gasteiger partial charge is 0.341 e. The van der Waals surface area contributed by atoms with Gasteiger partial charge in [0.25, 0.3) is 0 Å². The molecular formula is C9H15NO2. The summed E-state index contributed by atoms with van der Waals surface area (Å²) in [5.74, 6) is -0.342. The van der Waals surface area contributed by atoms with Crippen LogP contribution in [0.25, 0.3) is 0 Å². The van der Waals surface area contributed by atoms with Crippen molar-refractivity contribution in [3.8, 4) is 0 Å². The second kappa shape index (κ2) is 6.65. The predicted molar refractivity (Wildman–Crippen MR) is 47.6 cm³/mol. The molecule has 68 valence electrons. The third-order valence-electron chi connectivity index (χ3n) is 1.18. The summed E-state index contributed by atoms with van der Waals surface area (Å²) < 4.78 is 4.77. The first kappa shape index (κ1) is 11.0. The first-order valence-electron chi connectivity index (χ1n) is 4.01. The fourth-order valence-corrected chi connectivity index (χ4v) is 0.574. The van der Waals surface area contributed by atoms with Crippen LogP contribution in [-0.4, -0.2) is 19.1 Å². The van der Waals surface area contributed by atoms with Crippen molar-refractivity contribution in [1.29, 1.82) is 0 Å². The molecule has 0 aromatic carbocycles. The molecule has 0 atom stereocenters. The van der Waals surface area contributed by atoms with Crippen LogP contribution in [0.4, 0.5) is 0 Å². The standard InChI is InChI=1S/C9H15NO2/c1-3-4-5-8(2)9(11)12-7-6-10/h4H,3,6-7,10H2,1-2H3. The van der Waals surface area contributed by atoms with Crippen LogP contribution in [0, 0.1) is 0 Å². The summed E-state index contributed by atoms with van der Waals surface area (Å²) in [5, 5.41) is 0. The largest absolute Gasteiger partial charge is 0.461 e. The van der Waals surface area contributed by atoms with E-state index in [1.54, 1.807) is 13.0 Å². The van der Waals surface area contributed by atoms with Crippen molar-refractivity contribution in [2.75, 3.05) is 13.2 Å². The Morgan fingerprint density at radius 3 is 2.83 bits per heavy atom. The fourth-order valence-electron chi connectivity index (χ4n) is 0.574. The minimum atomic E-state index is -0.342. The van der Waals surface area contributed by atoms with Crippen LogP contribution in [0.3, 0.4) is 0 Å². The van der Waals surface area contributed by atoms with Crippen molar-refractivity contribution in [2.45, 2.75) is 20.3 Å². The van der Waals surface area contributed by atoms with E-state index in [2.05, 4.69) is 5.73 Å². The summed E-state index contributed by atoms with van der Waals surface area (Å²) in [7, 11) is 0. The SMILES string of the molecule is CCC=C=C(C)C(=O)OCCN. The van der Waals surface area contributed by atoms with Gasteiger partial charge < -0.3 is 10.5 Å². The second-order valence-electron chi connectivity index (χ2n) is 2.31. The summed E-state index contributed by atoms with van der Waals surface area (Å²) in [6.45, 7) is 4.27. The van der Waals surface area contributed by atoms with E-state index in [0.717, 1.165) is 6.42 Å². The van der Waals surface area contributed by atoms with Gasteiger partial charge in [-0.3, -0.25) is 0 Å². The van der Waals surface area contributed by atoms with E-state index in [-0.39, 0.29) is 12.6 Å². The van der Waals surface area contributed by atoms with E-state index in [0.29, 0.717) is 12.1 Å². The Kier molecular flexibility index (Phi) is 6.07. The number of hydrogen-bond acceptors (Lipinski definition) is 3. The Bertz CT molecular complexity index is 203. The minimum Gasteiger partial charge on any atom is -0.461 e. The molecule has 0 aliphatic heterocycles. The second-order valence-corrected chi connectivity index (χ2v) is 2.31. The maximum absolute atomic E-state index is 11.0. The number of carbonyl (C=O) groups is 1. The lowest BCUT2D eigenvalue weighted by molar-refractivity contribution is -0.138. The van der Waals surface area contributed by atoms with Crippen molar-refractivity contribution < 1.29 is 9.53 Å². The molecule has 0 spiro atoms. The van der Waals surface area contributed by atoms with Crippen LogP contribution in [0.5, 0.6) is 0 Å². The lowest BCUT2D eigenvalue weighted by atomic mass is 10.3. The molecule has 0 unspecified atom stereocenters. The first-order valence-corrected chi connectivity index (χ1v) is 4.01. The molecular weight excluding hydrogens is 154 g/mol. The number of hydrogen-bond donors (Lipinski definition) is 1. The van der Waals surface area contributed by atoms with E-state index in [9.17, 15) is 4.79 Å². The quantitative estimate of drug-likeness (QED) is 0.388. The summed E-state index contributed by atoms with van der Waals surface area (Å²) >= 11 is 0. The highest BCUT2D eigenvalue weighted by Crippen LogP contribution is 1.93. The van der Waals surface area contributed by atoms with Crippen LogP contribution in [0.1, 0.15) is 20.3 Å². The van der Waals surface area contributed by atoms with Crippen LogP contribution >= 0.6 is 0 Å². The molecule has 0 saturated heterocycles. The zero-order valence-corrected chi connectivity index (χ0v) is 7.59. The maximum Gasteiger partial charge on any atom is 0.341 e. The molecule has 0 aliphatic rings. The molecule has 12 heavy (non-hydrogen) atoms. The summed E-state index contributed by atoms with van der Waals surface area (Å²) in [6.07, 6.45) is 2.65. The molecule has 3 nitrogen and oxygen atoms in total. The van der Waals surface area contributed by atoms with Gasteiger partial charge in [0.15, 0.2) is 0 Å². The molecule has 0 rings (SSSR count). The van der Waals surface area contributed by atoms with Crippen molar-refractivity contribution >= 4 is 5.97 Å². The van der Waals surface area contributed by atoms with Gasteiger partial charge in [-0.2, -0.15) is 0 Å². The third-order valence-corrected chi connectivity index (χ3v) is 1.18. The van der Waals surface area contributed by atoms with Gasteiger partial charge in [-0.05, 0) is 19.4 Å². The van der Waals surface area contributed by atoms with Gasteiger partial charge in [0, 0.05) is 6.54 Å². The molecule has 0 aliphatic carbocycles. The zero-order valence-electron chi connectivity index (χ0n) is 7.59. The van der Waals surface area contributed by atoms with Crippen molar-refractivity contribution in [3.63, 3.8) is 0 Å². The average Bonchev–Trinajstić information content (AvgIpc) is 2.10. The molecule has 0 bridgehead atoms. The fraction of sp³-hybridized carbons (Fsp3) is 0.556. The molecule has 0 fully saturated rings. The summed E-state index contributed by atoms with van der Waals surface area (Å²) in [4.78, 5) is 11.0. The van der Waals surface area contributed by atoms with Gasteiger partial charge in [-0.15, -0.1) is 5.73 Å². The van der Waals surface area contributed by atoms with Gasteiger partial charge >= 0.3 is 5.97 Å². The third kappa shape index (κ3) is 4.72. The van der Waals surface area contributed by atoms with E-state index in [4.69, 9.17) is 10.5 Å². The molecule has 0 amide bonds. The van der Waals surface area contributed by atoms with Crippen molar-refractivity contribution in [2.24, 2.45) is 5.73 Å².